The van der Waals surface area contributed by atoms with Gasteiger partial charge in [0.15, 0.2) is 0 Å². The average Bonchev–Trinajstić information content (AvgIpc) is 2.62. The molecule has 0 bridgehead atoms. The van der Waals surface area contributed by atoms with Gasteiger partial charge in [-0.15, -0.1) is 0 Å². The standard InChI is InChI=1S/C13H16NS.C7H8O3S/c1-3-14-12-8-6-5-7-11(12)9-10-13(14)15-4-2;1-6-2-4-7(5-3-6)11(8,9)10/h5-10H,3-4H2,1-2H3;2-5H,1H3,(H,8,9,10)/q+1;/p-1. The number of para-hydroxylation sites is 1. The quantitative estimate of drug-likeness (QED) is 0.382. The Kier molecular flexibility index (Phi) is 7.20. The van der Waals surface area contributed by atoms with E-state index in [0.717, 1.165) is 17.9 Å². The normalized spacial score (nSPS) is 11.1. The number of aromatic nitrogens is 1. The Hall–Kier alpha value is -1.89. The Morgan fingerprint density at radius 3 is 2.19 bits per heavy atom. The molecule has 6 heteroatoms. The molecule has 2 aromatic carbocycles. The minimum Gasteiger partial charge on any atom is -0.744 e. The lowest BCUT2D eigenvalue weighted by molar-refractivity contribution is -0.704. The molecule has 138 valence electrons. The molecule has 3 aromatic rings. The fourth-order valence-corrected chi connectivity index (χ4v) is 3.86. The maximum Gasteiger partial charge on any atom is 0.240 e. The summed E-state index contributed by atoms with van der Waals surface area (Å²) < 4.78 is 33.5. The molecule has 3 rings (SSSR count). The second-order valence-corrected chi connectivity index (χ2v) is 8.34. The molecule has 0 unspecified atom stereocenters. The number of rotatable bonds is 4. The van der Waals surface area contributed by atoms with Crippen molar-refractivity contribution in [2.24, 2.45) is 0 Å². The topological polar surface area (TPSA) is 61.1 Å². The molecular weight excluding hydrogens is 366 g/mol. The molecule has 0 spiro atoms. The van der Waals surface area contributed by atoms with Crippen LogP contribution in [0.5, 0.6) is 0 Å². The SMILES string of the molecule is CCSc1ccc2ccccc2[n+]1CC.Cc1ccc(S(=O)(=O)[O-])cc1. The van der Waals surface area contributed by atoms with Gasteiger partial charge in [-0.25, -0.2) is 8.42 Å². The van der Waals surface area contributed by atoms with Crippen LogP contribution in [0.2, 0.25) is 0 Å². The summed E-state index contributed by atoms with van der Waals surface area (Å²) in [6.45, 7) is 7.25. The molecule has 0 radical (unpaired) electrons. The van der Waals surface area contributed by atoms with E-state index in [9.17, 15) is 13.0 Å². The van der Waals surface area contributed by atoms with Crippen molar-refractivity contribution >= 4 is 32.8 Å². The molecule has 4 nitrogen and oxygen atoms in total. The number of hydrogen-bond acceptors (Lipinski definition) is 4. The third-order valence-corrected chi connectivity index (χ3v) is 5.61. The van der Waals surface area contributed by atoms with Crippen LogP contribution in [0.1, 0.15) is 19.4 Å². The number of thioether (sulfide) groups is 1. The maximum absolute atomic E-state index is 10.4. The Morgan fingerprint density at radius 2 is 1.62 bits per heavy atom. The van der Waals surface area contributed by atoms with Crippen LogP contribution in [0.25, 0.3) is 10.9 Å². The Morgan fingerprint density at radius 1 is 0.962 bits per heavy atom. The van der Waals surface area contributed by atoms with Crippen molar-refractivity contribution in [3.8, 4) is 0 Å². The van der Waals surface area contributed by atoms with E-state index in [4.69, 9.17) is 0 Å². The predicted molar refractivity (Wildman–Crippen MR) is 105 cm³/mol. The first kappa shape index (κ1) is 20.4. The van der Waals surface area contributed by atoms with Crippen LogP contribution in [-0.4, -0.2) is 18.7 Å². The maximum atomic E-state index is 10.4. The van der Waals surface area contributed by atoms with Gasteiger partial charge in [-0.3, -0.25) is 0 Å². The lowest BCUT2D eigenvalue weighted by atomic mass is 10.2. The zero-order valence-corrected chi connectivity index (χ0v) is 16.8. The summed E-state index contributed by atoms with van der Waals surface area (Å²) in [4.78, 5) is -0.178. The van der Waals surface area contributed by atoms with Crippen LogP contribution < -0.4 is 4.57 Å². The molecule has 0 saturated heterocycles. The largest absolute Gasteiger partial charge is 0.744 e. The number of fused-ring (bicyclic) bond motifs is 1. The summed E-state index contributed by atoms with van der Waals surface area (Å²) in [6, 6.07) is 18.8. The summed E-state index contributed by atoms with van der Waals surface area (Å²) >= 11 is 1.90. The van der Waals surface area contributed by atoms with E-state index in [1.165, 1.54) is 28.1 Å². The van der Waals surface area contributed by atoms with Gasteiger partial charge in [-0.2, -0.15) is 4.57 Å². The highest BCUT2D eigenvalue weighted by atomic mass is 32.2. The van der Waals surface area contributed by atoms with Crippen molar-refractivity contribution in [3.63, 3.8) is 0 Å². The highest BCUT2D eigenvalue weighted by Gasteiger charge is 2.12. The van der Waals surface area contributed by atoms with E-state index in [-0.39, 0.29) is 4.90 Å². The smallest absolute Gasteiger partial charge is 0.240 e. The van der Waals surface area contributed by atoms with Crippen molar-refractivity contribution in [2.75, 3.05) is 5.75 Å². The van der Waals surface area contributed by atoms with Crippen molar-refractivity contribution in [1.82, 2.24) is 0 Å². The lowest BCUT2D eigenvalue weighted by Gasteiger charge is -2.05. The molecule has 0 fully saturated rings. The fourth-order valence-electron chi connectivity index (χ4n) is 2.55. The number of hydrogen-bond donors (Lipinski definition) is 0. The molecule has 0 aliphatic rings. The first-order chi connectivity index (χ1) is 12.4. The van der Waals surface area contributed by atoms with Crippen LogP contribution in [-0.2, 0) is 16.7 Å². The van der Waals surface area contributed by atoms with Gasteiger partial charge in [0.2, 0.25) is 10.5 Å². The van der Waals surface area contributed by atoms with Crippen molar-refractivity contribution in [1.29, 1.82) is 0 Å². The zero-order chi connectivity index (χ0) is 19.2. The Bertz CT molecular complexity index is 968. The highest BCUT2D eigenvalue weighted by molar-refractivity contribution is 7.99. The van der Waals surface area contributed by atoms with Gasteiger partial charge in [-0.05, 0) is 38.1 Å². The van der Waals surface area contributed by atoms with E-state index < -0.39 is 10.1 Å². The number of pyridine rings is 1. The third kappa shape index (κ3) is 5.30. The summed E-state index contributed by atoms with van der Waals surface area (Å²) in [5.41, 5.74) is 2.26. The summed E-state index contributed by atoms with van der Waals surface area (Å²) in [7, 11) is -4.27. The Balaban J connectivity index is 0.000000197. The molecule has 26 heavy (non-hydrogen) atoms. The van der Waals surface area contributed by atoms with Crippen LogP contribution in [0, 0.1) is 6.92 Å². The minimum atomic E-state index is -4.27. The highest BCUT2D eigenvalue weighted by Crippen LogP contribution is 2.17. The molecule has 0 aliphatic carbocycles. The number of benzene rings is 2. The van der Waals surface area contributed by atoms with Crippen molar-refractivity contribution in [2.45, 2.75) is 37.2 Å². The molecule has 0 saturated carbocycles. The van der Waals surface area contributed by atoms with Crippen molar-refractivity contribution in [3.05, 3.63) is 66.2 Å². The van der Waals surface area contributed by atoms with Gasteiger partial charge >= 0.3 is 0 Å². The van der Waals surface area contributed by atoms with Crippen molar-refractivity contribution < 1.29 is 17.5 Å². The Labute approximate surface area is 159 Å². The predicted octanol–water partition coefficient (Wildman–Crippen LogP) is 4.16. The van der Waals surface area contributed by atoms with E-state index in [1.54, 1.807) is 12.1 Å². The van der Waals surface area contributed by atoms with Gasteiger partial charge in [0, 0.05) is 23.3 Å². The molecule has 0 atom stereocenters. The average molecular weight is 390 g/mol. The molecule has 1 aromatic heterocycles. The summed E-state index contributed by atoms with van der Waals surface area (Å²) in [5, 5.41) is 2.68. The second-order valence-electron chi connectivity index (χ2n) is 5.67. The summed E-state index contributed by atoms with van der Waals surface area (Å²) in [5.74, 6) is 1.12. The van der Waals surface area contributed by atoms with Crippen LogP contribution in [0.3, 0.4) is 0 Å². The lowest BCUT2D eigenvalue weighted by Crippen LogP contribution is -2.35. The number of aryl methyl sites for hydroxylation is 2. The van der Waals surface area contributed by atoms with Crippen LogP contribution >= 0.6 is 11.8 Å². The molecule has 0 N–H and O–H groups in total. The van der Waals surface area contributed by atoms with Gasteiger partial charge in [0.05, 0.1) is 4.90 Å². The van der Waals surface area contributed by atoms with E-state index in [1.807, 2.05) is 18.7 Å². The van der Waals surface area contributed by atoms with Gasteiger partial charge in [0.25, 0.3) is 0 Å². The van der Waals surface area contributed by atoms with Crippen LogP contribution in [0.4, 0.5) is 0 Å². The first-order valence-electron chi connectivity index (χ1n) is 8.43. The van der Waals surface area contributed by atoms with E-state index >= 15 is 0 Å². The third-order valence-electron chi connectivity index (χ3n) is 3.82. The van der Waals surface area contributed by atoms with Gasteiger partial charge < -0.3 is 4.55 Å². The molecular formula is C20H23NO3S2. The van der Waals surface area contributed by atoms with E-state index in [2.05, 4.69) is 54.8 Å². The molecule has 0 aliphatic heterocycles. The molecule has 1 heterocycles. The van der Waals surface area contributed by atoms with Gasteiger partial charge in [0.1, 0.15) is 16.7 Å². The zero-order valence-electron chi connectivity index (χ0n) is 15.2. The first-order valence-corrected chi connectivity index (χ1v) is 10.8. The molecule has 0 amide bonds. The minimum absolute atomic E-state index is 0.178. The second kappa shape index (κ2) is 9.16. The number of nitrogens with zero attached hydrogens (tertiary/aromatic N) is 1. The van der Waals surface area contributed by atoms with Gasteiger partial charge in [-0.1, -0.05) is 48.5 Å². The van der Waals surface area contributed by atoms with Crippen LogP contribution in [0.15, 0.2) is 70.6 Å². The monoisotopic (exact) mass is 389 g/mol. The fraction of sp³-hybridized carbons (Fsp3) is 0.250. The van der Waals surface area contributed by atoms with E-state index in [0.29, 0.717) is 0 Å². The summed E-state index contributed by atoms with van der Waals surface area (Å²) in [6.07, 6.45) is 0.